The Morgan fingerprint density at radius 1 is 1.25 bits per heavy atom. The van der Waals surface area contributed by atoms with E-state index >= 15 is 0 Å². The fourth-order valence-electron chi connectivity index (χ4n) is 1.90. The monoisotopic (exact) mass is 278 g/mol. The molecule has 0 aliphatic carbocycles. The van der Waals surface area contributed by atoms with Gasteiger partial charge in [0.25, 0.3) is 0 Å². The number of benzene rings is 1. The predicted octanol–water partition coefficient (Wildman–Crippen LogP) is 2.71. The van der Waals surface area contributed by atoms with Crippen LogP contribution in [0.1, 0.15) is 11.3 Å². The average molecular weight is 279 g/mol. The van der Waals surface area contributed by atoms with Crippen molar-refractivity contribution in [3.8, 4) is 5.69 Å². The van der Waals surface area contributed by atoms with Crippen molar-refractivity contribution in [2.45, 2.75) is 13.0 Å². The molecule has 0 amide bonds. The first-order valence-electron chi connectivity index (χ1n) is 5.25. The van der Waals surface area contributed by atoms with E-state index in [1.165, 1.54) is 5.56 Å². The van der Waals surface area contributed by atoms with Crippen molar-refractivity contribution in [1.82, 2.24) is 9.78 Å². The second-order valence-electron chi connectivity index (χ2n) is 3.77. The Morgan fingerprint density at radius 2 is 2.06 bits per heavy atom. The summed E-state index contributed by atoms with van der Waals surface area (Å²) in [5.41, 5.74) is 3.39. The molecule has 0 saturated heterocycles. The predicted molar refractivity (Wildman–Crippen MR) is 64.6 cm³/mol. The minimum absolute atomic E-state index is 0.656. The highest BCUT2D eigenvalue weighted by Gasteiger charge is 2.19. The Hall–Kier alpha value is -1.13. The number of rotatable bonds is 1. The maximum Gasteiger partial charge on any atom is 0.115 e. The third kappa shape index (κ3) is 1.58. The van der Waals surface area contributed by atoms with Crippen molar-refractivity contribution in [3.05, 3.63) is 46.2 Å². The van der Waals surface area contributed by atoms with Crippen molar-refractivity contribution >= 4 is 15.9 Å². The van der Waals surface area contributed by atoms with Crippen molar-refractivity contribution in [2.75, 3.05) is 6.61 Å². The molecule has 16 heavy (non-hydrogen) atoms. The molecule has 3 rings (SSSR count). The Morgan fingerprint density at radius 3 is 2.81 bits per heavy atom. The molecular weight excluding hydrogens is 268 g/mol. The van der Waals surface area contributed by atoms with Crippen LogP contribution in [0.15, 0.2) is 34.9 Å². The zero-order chi connectivity index (χ0) is 11.0. The van der Waals surface area contributed by atoms with E-state index in [1.54, 1.807) is 0 Å². The number of hydrogen-bond acceptors (Lipinski definition) is 2. The minimum atomic E-state index is 0.656. The van der Waals surface area contributed by atoms with E-state index in [4.69, 9.17) is 4.74 Å². The van der Waals surface area contributed by atoms with Gasteiger partial charge in [-0.05, 0) is 28.1 Å². The van der Waals surface area contributed by atoms with Crippen LogP contribution >= 0.6 is 15.9 Å². The topological polar surface area (TPSA) is 27.1 Å². The normalized spacial score (nSPS) is 14.8. The van der Waals surface area contributed by atoms with Gasteiger partial charge in [-0.1, -0.05) is 18.2 Å². The van der Waals surface area contributed by atoms with E-state index < -0.39 is 0 Å². The fraction of sp³-hybridized carbons (Fsp3) is 0.250. The molecule has 0 radical (unpaired) electrons. The second kappa shape index (κ2) is 4.03. The molecule has 0 atom stereocenters. The van der Waals surface area contributed by atoms with Crippen molar-refractivity contribution in [3.63, 3.8) is 0 Å². The molecule has 0 spiro atoms. The molecule has 0 N–H and O–H groups in total. The van der Waals surface area contributed by atoms with Gasteiger partial charge in [0.15, 0.2) is 0 Å². The number of fused-ring (bicyclic) bond motifs is 1. The van der Waals surface area contributed by atoms with Crippen LogP contribution in [0.5, 0.6) is 0 Å². The molecule has 0 bridgehead atoms. The maximum atomic E-state index is 5.44. The van der Waals surface area contributed by atoms with Crippen LogP contribution in [-0.2, 0) is 17.8 Å². The van der Waals surface area contributed by atoms with Crippen LogP contribution < -0.4 is 0 Å². The number of ether oxygens (including phenoxy) is 1. The Kier molecular flexibility index (Phi) is 2.53. The highest BCUT2D eigenvalue weighted by atomic mass is 79.9. The first-order chi connectivity index (χ1) is 7.86. The highest BCUT2D eigenvalue weighted by molar-refractivity contribution is 9.10. The van der Waals surface area contributed by atoms with Crippen molar-refractivity contribution < 1.29 is 4.74 Å². The number of hydrogen-bond donors (Lipinski definition) is 0. The molecule has 1 aromatic heterocycles. The quantitative estimate of drug-likeness (QED) is 0.802. The van der Waals surface area contributed by atoms with Crippen molar-refractivity contribution in [2.24, 2.45) is 0 Å². The number of halogens is 1. The molecule has 2 aromatic rings. The van der Waals surface area contributed by atoms with Crippen LogP contribution in [0.3, 0.4) is 0 Å². The van der Waals surface area contributed by atoms with E-state index in [0.29, 0.717) is 6.61 Å². The van der Waals surface area contributed by atoms with Gasteiger partial charge in [0.05, 0.1) is 24.6 Å². The summed E-state index contributed by atoms with van der Waals surface area (Å²) in [6.07, 6.45) is 0.897. The van der Waals surface area contributed by atoms with E-state index in [2.05, 4.69) is 21.0 Å². The first-order valence-corrected chi connectivity index (χ1v) is 6.05. The third-order valence-electron chi connectivity index (χ3n) is 2.73. The molecule has 0 saturated carbocycles. The second-order valence-corrected chi connectivity index (χ2v) is 4.52. The molecule has 3 nitrogen and oxygen atoms in total. The molecular formula is C12H11BrN2O. The van der Waals surface area contributed by atoms with Crippen LogP contribution in [-0.4, -0.2) is 16.4 Å². The molecule has 4 heteroatoms. The zero-order valence-corrected chi connectivity index (χ0v) is 10.3. The molecule has 0 fully saturated rings. The molecule has 82 valence electrons. The van der Waals surface area contributed by atoms with Gasteiger partial charge in [0.2, 0.25) is 0 Å². The summed E-state index contributed by atoms with van der Waals surface area (Å²) in [5.74, 6) is 0. The number of aromatic nitrogens is 2. The molecule has 2 heterocycles. The summed E-state index contributed by atoms with van der Waals surface area (Å²) in [7, 11) is 0. The van der Waals surface area contributed by atoms with Gasteiger partial charge in [-0.25, -0.2) is 4.68 Å². The highest BCUT2D eigenvalue weighted by Crippen LogP contribution is 2.27. The standard InChI is InChI=1S/C12H11BrN2O/c13-12-10-8-16-7-6-11(10)14-15(12)9-4-2-1-3-5-9/h1-5H,6-8H2. The summed E-state index contributed by atoms with van der Waals surface area (Å²) in [5, 5.41) is 4.61. The van der Waals surface area contributed by atoms with E-state index in [-0.39, 0.29) is 0 Å². The van der Waals surface area contributed by atoms with E-state index in [9.17, 15) is 0 Å². The Labute approximate surface area is 102 Å². The van der Waals surface area contributed by atoms with Gasteiger partial charge in [-0.2, -0.15) is 5.10 Å². The summed E-state index contributed by atoms with van der Waals surface area (Å²) < 4.78 is 8.38. The SMILES string of the molecule is Brc1c2c(nn1-c1ccccc1)CCOC2. The smallest absolute Gasteiger partial charge is 0.115 e. The van der Waals surface area contributed by atoms with Crippen molar-refractivity contribution in [1.29, 1.82) is 0 Å². The molecule has 1 aliphatic heterocycles. The fourth-order valence-corrected chi connectivity index (χ4v) is 2.53. The van der Waals surface area contributed by atoms with Crippen LogP contribution in [0.2, 0.25) is 0 Å². The van der Waals surface area contributed by atoms with Gasteiger partial charge < -0.3 is 4.74 Å². The maximum absolute atomic E-state index is 5.44. The van der Waals surface area contributed by atoms with Gasteiger partial charge >= 0.3 is 0 Å². The Bertz CT molecular complexity index is 507. The van der Waals surface area contributed by atoms with E-state index in [0.717, 1.165) is 29.0 Å². The number of para-hydroxylation sites is 1. The van der Waals surface area contributed by atoms with Gasteiger partial charge in [-0.3, -0.25) is 0 Å². The molecule has 1 aromatic carbocycles. The van der Waals surface area contributed by atoms with Crippen LogP contribution in [0, 0.1) is 0 Å². The lowest BCUT2D eigenvalue weighted by Crippen LogP contribution is -2.08. The summed E-state index contributed by atoms with van der Waals surface area (Å²) in [6, 6.07) is 10.1. The lowest BCUT2D eigenvalue weighted by Gasteiger charge is -2.09. The lowest BCUT2D eigenvalue weighted by atomic mass is 10.2. The van der Waals surface area contributed by atoms with Crippen LogP contribution in [0.25, 0.3) is 5.69 Å². The summed E-state index contributed by atoms with van der Waals surface area (Å²) >= 11 is 3.59. The lowest BCUT2D eigenvalue weighted by molar-refractivity contribution is 0.110. The van der Waals surface area contributed by atoms with Gasteiger partial charge in [0, 0.05) is 12.0 Å². The first kappa shape index (κ1) is 10.1. The van der Waals surface area contributed by atoms with E-state index in [1.807, 2.05) is 35.0 Å². The molecule has 1 aliphatic rings. The summed E-state index contributed by atoms with van der Waals surface area (Å²) in [4.78, 5) is 0. The Balaban J connectivity index is 2.12. The number of nitrogens with zero attached hydrogens (tertiary/aromatic N) is 2. The molecule has 0 unspecified atom stereocenters. The van der Waals surface area contributed by atoms with Gasteiger partial charge in [-0.15, -0.1) is 0 Å². The third-order valence-corrected chi connectivity index (χ3v) is 3.55. The largest absolute Gasteiger partial charge is 0.376 e. The summed E-state index contributed by atoms with van der Waals surface area (Å²) in [6.45, 7) is 1.42. The average Bonchev–Trinajstić information content (AvgIpc) is 2.69. The zero-order valence-electron chi connectivity index (χ0n) is 8.69. The van der Waals surface area contributed by atoms with Crippen LogP contribution in [0.4, 0.5) is 0 Å². The van der Waals surface area contributed by atoms with Gasteiger partial charge in [0.1, 0.15) is 4.60 Å². The minimum Gasteiger partial charge on any atom is -0.376 e.